The summed E-state index contributed by atoms with van der Waals surface area (Å²) in [7, 11) is 0. The lowest BCUT2D eigenvalue weighted by atomic mass is 10.1. The third-order valence-electron chi connectivity index (χ3n) is 3.34. The molecule has 0 unspecified atom stereocenters. The van der Waals surface area contributed by atoms with Crippen LogP contribution in [-0.2, 0) is 0 Å². The molecule has 0 fully saturated rings. The van der Waals surface area contributed by atoms with Crippen LogP contribution in [0.1, 0.15) is 11.1 Å². The maximum atomic E-state index is 14.3. The molecular weight excluding hydrogens is 299 g/mol. The van der Waals surface area contributed by atoms with Gasteiger partial charge in [0, 0.05) is 34.3 Å². The number of rotatable bonds is 4. The van der Waals surface area contributed by atoms with E-state index >= 15 is 0 Å². The van der Waals surface area contributed by atoms with Crippen LogP contribution in [0.4, 0.5) is 4.39 Å². The normalized spacial score (nSPS) is 10.6. The van der Waals surface area contributed by atoms with Gasteiger partial charge >= 0.3 is 0 Å². The molecule has 0 bridgehead atoms. The molecule has 3 nitrogen and oxygen atoms in total. The molecule has 0 amide bonds. The zero-order valence-corrected chi connectivity index (χ0v) is 12.4. The Kier molecular flexibility index (Phi) is 3.65. The van der Waals surface area contributed by atoms with E-state index in [1.54, 1.807) is 36.5 Å². The summed E-state index contributed by atoms with van der Waals surface area (Å²) < 4.78 is 20.1. The molecule has 110 valence electrons. The van der Waals surface area contributed by atoms with E-state index in [1.807, 2.05) is 6.07 Å². The number of aromatic nitrogens is 1. The van der Waals surface area contributed by atoms with Gasteiger partial charge in [0.1, 0.15) is 10.7 Å². The van der Waals surface area contributed by atoms with Crippen LogP contribution in [0.5, 0.6) is 11.5 Å². The second-order valence-electron chi connectivity index (χ2n) is 4.74. The van der Waals surface area contributed by atoms with Crippen LogP contribution in [0.15, 0.2) is 49.2 Å². The number of nitrogens with two attached hydrogens (primary N) is 1. The minimum atomic E-state index is -0.467. The van der Waals surface area contributed by atoms with E-state index in [0.717, 1.165) is 5.39 Å². The molecule has 0 atom stereocenters. The second kappa shape index (κ2) is 5.61. The number of nitrogens with one attached hydrogen (secondary N) is 1. The molecule has 1 heterocycles. The highest BCUT2D eigenvalue weighted by Crippen LogP contribution is 2.35. The van der Waals surface area contributed by atoms with Gasteiger partial charge in [0.05, 0.1) is 0 Å². The van der Waals surface area contributed by atoms with E-state index < -0.39 is 5.82 Å². The maximum Gasteiger partial charge on any atom is 0.170 e. The number of hydrogen-bond acceptors (Lipinski definition) is 2. The van der Waals surface area contributed by atoms with Gasteiger partial charge in [0.2, 0.25) is 0 Å². The summed E-state index contributed by atoms with van der Waals surface area (Å²) in [4.78, 5) is 3.23. The molecule has 3 aromatic rings. The first-order valence-electron chi connectivity index (χ1n) is 6.60. The van der Waals surface area contributed by atoms with Gasteiger partial charge in [-0.05, 0) is 18.2 Å². The molecule has 1 aromatic heterocycles. The fourth-order valence-corrected chi connectivity index (χ4v) is 2.44. The van der Waals surface area contributed by atoms with E-state index in [4.69, 9.17) is 22.7 Å². The Bertz CT molecular complexity index is 885. The molecule has 0 saturated carbocycles. The number of benzene rings is 2. The van der Waals surface area contributed by atoms with Crippen molar-refractivity contribution < 1.29 is 9.13 Å². The van der Waals surface area contributed by atoms with E-state index in [2.05, 4.69) is 11.6 Å². The van der Waals surface area contributed by atoms with Gasteiger partial charge in [-0.2, -0.15) is 0 Å². The van der Waals surface area contributed by atoms with Crippen LogP contribution in [-0.4, -0.2) is 9.97 Å². The number of hydrogen-bond donors (Lipinski definition) is 2. The monoisotopic (exact) mass is 312 g/mol. The largest absolute Gasteiger partial charge is 0.454 e. The Labute approximate surface area is 132 Å². The Morgan fingerprint density at radius 3 is 2.86 bits per heavy atom. The highest BCUT2D eigenvalue weighted by atomic mass is 32.1. The second-order valence-corrected chi connectivity index (χ2v) is 5.18. The molecular formula is C17H13FN2OS. The molecule has 0 aliphatic rings. The van der Waals surface area contributed by atoms with Crippen molar-refractivity contribution in [2.45, 2.75) is 0 Å². The molecule has 2 aromatic carbocycles. The van der Waals surface area contributed by atoms with Crippen LogP contribution in [0, 0.1) is 5.82 Å². The first kappa shape index (κ1) is 14.3. The zero-order valence-electron chi connectivity index (χ0n) is 11.6. The summed E-state index contributed by atoms with van der Waals surface area (Å²) in [6.07, 6.45) is 3.32. The summed E-state index contributed by atoms with van der Waals surface area (Å²) in [5.41, 5.74) is 7.55. The highest BCUT2D eigenvalue weighted by molar-refractivity contribution is 7.80. The van der Waals surface area contributed by atoms with Crippen molar-refractivity contribution in [3.05, 3.63) is 66.1 Å². The maximum absolute atomic E-state index is 14.3. The van der Waals surface area contributed by atoms with Gasteiger partial charge in [0.25, 0.3) is 0 Å². The molecule has 0 spiro atoms. The standard InChI is InChI=1S/C17H13FN2OS/c1-2-12-13-6-7-20-15(13)9-14(18)16(12)21-11-5-3-4-10(8-11)17(19)22/h2-9,20H,1H2,(H2,19,22). The predicted octanol–water partition coefficient (Wildman–Crippen LogP) is 4.38. The van der Waals surface area contributed by atoms with Crippen molar-refractivity contribution >= 4 is 34.2 Å². The van der Waals surface area contributed by atoms with Crippen LogP contribution in [0.25, 0.3) is 17.0 Å². The average molecular weight is 312 g/mol. The van der Waals surface area contributed by atoms with Crippen LogP contribution in [0.3, 0.4) is 0 Å². The fraction of sp³-hybridized carbons (Fsp3) is 0. The fourth-order valence-electron chi connectivity index (χ4n) is 2.32. The third kappa shape index (κ3) is 2.46. The molecule has 3 N–H and O–H groups in total. The first-order valence-corrected chi connectivity index (χ1v) is 7.00. The topological polar surface area (TPSA) is 51.0 Å². The van der Waals surface area contributed by atoms with Crippen molar-refractivity contribution in [2.75, 3.05) is 0 Å². The number of halogens is 1. The SMILES string of the molecule is C=Cc1c(Oc2cccc(C(N)=S)c2)c(F)cc2[nH]ccc12. The number of H-pyrrole nitrogens is 1. The Morgan fingerprint density at radius 2 is 2.14 bits per heavy atom. The highest BCUT2D eigenvalue weighted by Gasteiger charge is 2.15. The van der Waals surface area contributed by atoms with Crippen molar-refractivity contribution in [1.29, 1.82) is 0 Å². The van der Waals surface area contributed by atoms with Gasteiger partial charge in [-0.25, -0.2) is 4.39 Å². The van der Waals surface area contributed by atoms with Crippen LogP contribution >= 0.6 is 12.2 Å². The third-order valence-corrected chi connectivity index (χ3v) is 3.58. The number of thiocarbonyl (C=S) groups is 1. The molecule has 0 radical (unpaired) electrons. The Balaban J connectivity index is 2.10. The molecule has 5 heteroatoms. The summed E-state index contributed by atoms with van der Waals surface area (Å²) in [6.45, 7) is 3.75. The Hall–Kier alpha value is -2.66. The van der Waals surface area contributed by atoms with Gasteiger partial charge < -0.3 is 15.5 Å². The predicted molar refractivity (Wildman–Crippen MR) is 90.8 cm³/mol. The minimum Gasteiger partial charge on any atom is -0.454 e. The summed E-state index contributed by atoms with van der Waals surface area (Å²) >= 11 is 4.94. The number of ether oxygens (including phenoxy) is 1. The van der Waals surface area contributed by atoms with Gasteiger partial charge in [-0.3, -0.25) is 0 Å². The quantitative estimate of drug-likeness (QED) is 0.703. The summed E-state index contributed by atoms with van der Waals surface area (Å²) in [5.74, 6) is 0.120. The average Bonchev–Trinajstić information content (AvgIpc) is 2.96. The molecule has 22 heavy (non-hydrogen) atoms. The molecule has 0 saturated heterocycles. The molecule has 3 rings (SSSR count). The zero-order chi connectivity index (χ0) is 15.7. The van der Waals surface area contributed by atoms with Crippen molar-refractivity contribution in [3.8, 4) is 11.5 Å². The summed E-state index contributed by atoms with van der Waals surface area (Å²) in [6, 6.07) is 10.2. The lowest BCUT2D eigenvalue weighted by Gasteiger charge is -2.12. The van der Waals surface area contributed by atoms with E-state index in [-0.39, 0.29) is 10.7 Å². The lowest BCUT2D eigenvalue weighted by Crippen LogP contribution is -2.09. The van der Waals surface area contributed by atoms with Gasteiger partial charge in [0.15, 0.2) is 11.6 Å². The van der Waals surface area contributed by atoms with Crippen molar-refractivity contribution in [3.63, 3.8) is 0 Å². The lowest BCUT2D eigenvalue weighted by molar-refractivity contribution is 0.442. The smallest absolute Gasteiger partial charge is 0.170 e. The number of fused-ring (bicyclic) bond motifs is 1. The van der Waals surface area contributed by atoms with Gasteiger partial charge in [-0.15, -0.1) is 0 Å². The van der Waals surface area contributed by atoms with Crippen LogP contribution in [0.2, 0.25) is 0 Å². The molecule has 0 aliphatic heterocycles. The van der Waals surface area contributed by atoms with E-state index in [1.165, 1.54) is 6.07 Å². The number of aromatic amines is 1. The van der Waals surface area contributed by atoms with E-state index in [9.17, 15) is 4.39 Å². The van der Waals surface area contributed by atoms with Gasteiger partial charge in [-0.1, -0.05) is 37.0 Å². The van der Waals surface area contributed by atoms with Crippen molar-refractivity contribution in [1.82, 2.24) is 4.98 Å². The summed E-state index contributed by atoms with van der Waals surface area (Å²) in [5, 5.41) is 0.844. The van der Waals surface area contributed by atoms with Crippen LogP contribution < -0.4 is 10.5 Å². The first-order chi connectivity index (χ1) is 10.6. The Morgan fingerprint density at radius 1 is 1.32 bits per heavy atom. The van der Waals surface area contributed by atoms with Crippen molar-refractivity contribution in [2.24, 2.45) is 5.73 Å². The minimum absolute atomic E-state index is 0.127. The van der Waals surface area contributed by atoms with E-state index in [0.29, 0.717) is 22.4 Å². The molecule has 0 aliphatic carbocycles.